The van der Waals surface area contributed by atoms with Gasteiger partial charge in [0.2, 0.25) is 5.91 Å². The Balaban J connectivity index is 3.55. The maximum absolute atomic E-state index is 13.7. The molecular formula is C40H66BN3O7. The number of carbonyl (C=O) groups excluding carboxylic acids is 4. The van der Waals surface area contributed by atoms with Gasteiger partial charge in [0.15, 0.2) is 0 Å². The first-order chi connectivity index (χ1) is 23.0. The number of carbonyl (C=O) groups is 4. The fourth-order valence-electron chi connectivity index (χ4n) is 6.27. The zero-order valence-electron chi connectivity index (χ0n) is 33.8. The van der Waals surface area contributed by atoms with Crippen molar-refractivity contribution in [1.82, 2.24) is 5.32 Å². The number of nitrogens with one attached hydrogen (secondary N) is 1. The van der Waals surface area contributed by atoms with Crippen LogP contribution >= 0.6 is 0 Å². The summed E-state index contributed by atoms with van der Waals surface area (Å²) in [5.41, 5.74) is 4.29. The van der Waals surface area contributed by atoms with Crippen LogP contribution < -0.4 is 11.1 Å². The molecule has 1 aliphatic rings. The molecule has 0 aromatic rings. The molecule has 1 rings (SSSR count). The highest BCUT2D eigenvalue weighted by molar-refractivity contribution is 6.17. The summed E-state index contributed by atoms with van der Waals surface area (Å²) >= 11 is 0. The first kappa shape index (κ1) is 46.1. The smallest absolute Gasteiger partial charge is 0.338 e. The van der Waals surface area contributed by atoms with Gasteiger partial charge in [-0.25, -0.2) is 9.59 Å². The van der Waals surface area contributed by atoms with Gasteiger partial charge >= 0.3 is 17.9 Å². The van der Waals surface area contributed by atoms with Gasteiger partial charge in [0.1, 0.15) is 6.10 Å². The number of ether oxygens (including phenoxy) is 3. The Hall–Kier alpha value is -2.97. The van der Waals surface area contributed by atoms with E-state index in [0.29, 0.717) is 32.3 Å². The van der Waals surface area contributed by atoms with E-state index in [1.54, 1.807) is 13.8 Å². The molecule has 3 N–H and O–H groups in total. The lowest BCUT2D eigenvalue weighted by Crippen LogP contribution is -2.62. The summed E-state index contributed by atoms with van der Waals surface area (Å²) < 4.78 is 17.9. The highest BCUT2D eigenvalue weighted by Gasteiger charge is 2.54. The second-order valence-electron chi connectivity index (χ2n) is 18.1. The Morgan fingerprint density at radius 2 is 1.61 bits per heavy atom. The normalized spacial score (nSPS) is 19.9. The lowest BCUT2D eigenvalue weighted by molar-refractivity contribution is -0.166. The minimum Gasteiger partial charge on any atom is -0.457 e. The molecule has 11 heteroatoms. The molecule has 1 fully saturated rings. The Kier molecular flexibility index (Phi) is 16.0. The van der Waals surface area contributed by atoms with Crippen LogP contribution in [0.3, 0.4) is 0 Å². The average Bonchev–Trinajstić information content (AvgIpc) is 3.41. The van der Waals surface area contributed by atoms with E-state index in [9.17, 15) is 24.4 Å². The van der Waals surface area contributed by atoms with Crippen molar-refractivity contribution >= 4 is 31.7 Å². The van der Waals surface area contributed by atoms with Crippen molar-refractivity contribution in [3.63, 3.8) is 0 Å². The third-order valence-corrected chi connectivity index (χ3v) is 11.6. The van der Waals surface area contributed by atoms with Crippen molar-refractivity contribution in [2.45, 2.75) is 164 Å². The second kappa shape index (κ2) is 17.7. The molecule has 0 saturated carbocycles. The minimum absolute atomic E-state index is 0.0672. The van der Waals surface area contributed by atoms with E-state index >= 15 is 0 Å². The van der Waals surface area contributed by atoms with Gasteiger partial charge in [-0.3, -0.25) is 9.59 Å². The van der Waals surface area contributed by atoms with E-state index in [0.717, 1.165) is 12.5 Å². The Labute approximate surface area is 309 Å². The van der Waals surface area contributed by atoms with Crippen molar-refractivity contribution in [3.8, 4) is 6.07 Å². The summed E-state index contributed by atoms with van der Waals surface area (Å²) in [4.78, 5) is 51.2. The van der Waals surface area contributed by atoms with Crippen molar-refractivity contribution in [3.05, 3.63) is 24.3 Å². The van der Waals surface area contributed by atoms with E-state index in [4.69, 9.17) is 27.8 Å². The van der Waals surface area contributed by atoms with Crippen LogP contribution in [0, 0.1) is 38.9 Å². The third-order valence-electron chi connectivity index (χ3n) is 11.6. The SMILES string of the molecule is [B]C(C)(CC)C(CC(C)(C)C(C)(N)C(CC(C)(C)C(C)(C)C(CC(C)(C)C)OCCC#N)OC(=O)C(=C)C)C(=O)OC(=O)/C=C/C1CCC(=O)N1. The summed E-state index contributed by atoms with van der Waals surface area (Å²) in [6, 6.07) is 1.86. The summed E-state index contributed by atoms with van der Waals surface area (Å²) in [6.07, 6.45) is 4.36. The zero-order chi connectivity index (χ0) is 39.8. The molecular weight excluding hydrogens is 645 g/mol. The standard InChI is InChI=1S/C40H66BN3O7/c1-15-39(13,41)28(34(48)51-32(46)20-18-27-17-19-31(45)44-27)23-37(9,10)40(14,43)30(50-33(47)26(2)3)25-36(7,8)38(11,12)29(24-35(4,5)6)49-22-16-21-42/h18,20,27-30H,2,15-17,19,22-25,43H2,1,3-14H3,(H,44,45)/b20-18+. The quantitative estimate of drug-likeness (QED) is 0.0470. The molecule has 10 nitrogen and oxygen atoms in total. The zero-order valence-corrected chi connectivity index (χ0v) is 33.8. The van der Waals surface area contributed by atoms with Gasteiger partial charge in [-0.15, -0.1) is 0 Å². The van der Waals surface area contributed by atoms with E-state index in [1.807, 2.05) is 27.7 Å². The first-order valence-corrected chi connectivity index (χ1v) is 18.2. The highest BCUT2D eigenvalue weighted by atomic mass is 16.6. The van der Waals surface area contributed by atoms with Crippen LogP contribution in [-0.2, 0) is 33.4 Å². The Morgan fingerprint density at radius 1 is 1.02 bits per heavy atom. The van der Waals surface area contributed by atoms with Crippen molar-refractivity contribution in [2.75, 3.05) is 6.61 Å². The predicted molar refractivity (Wildman–Crippen MR) is 201 cm³/mol. The van der Waals surface area contributed by atoms with E-state index in [1.165, 1.54) is 6.08 Å². The second-order valence-corrected chi connectivity index (χ2v) is 18.1. The molecule has 0 aromatic heterocycles. The molecule has 1 heterocycles. The van der Waals surface area contributed by atoms with Gasteiger partial charge < -0.3 is 25.3 Å². The van der Waals surface area contributed by atoms with Crippen molar-refractivity contribution in [2.24, 2.45) is 33.3 Å². The lowest BCUT2D eigenvalue weighted by atomic mass is 9.53. The molecule has 6 atom stereocenters. The van der Waals surface area contributed by atoms with Crippen molar-refractivity contribution in [1.29, 1.82) is 5.26 Å². The fraction of sp³-hybridized carbons (Fsp3) is 0.775. The molecule has 6 unspecified atom stereocenters. The maximum Gasteiger partial charge on any atom is 0.338 e. The number of hydrogen-bond donors (Lipinski definition) is 2. The van der Waals surface area contributed by atoms with Crippen LogP contribution in [0.2, 0.25) is 5.31 Å². The summed E-state index contributed by atoms with van der Waals surface area (Å²) in [5.74, 6) is -3.27. The van der Waals surface area contributed by atoms with Gasteiger partial charge in [-0.05, 0) is 61.2 Å². The van der Waals surface area contributed by atoms with E-state index in [2.05, 4.69) is 66.4 Å². The maximum atomic E-state index is 13.7. The first-order valence-electron chi connectivity index (χ1n) is 18.2. The number of nitrogens with two attached hydrogens (primary N) is 1. The molecule has 0 aromatic carbocycles. The van der Waals surface area contributed by atoms with Crippen LogP contribution in [0.25, 0.3) is 0 Å². The Morgan fingerprint density at radius 3 is 2.08 bits per heavy atom. The van der Waals surface area contributed by atoms with E-state index in [-0.39, 0.29) is 41.9 Å². The topological polar surface area (TPSA) is 158 Å². The van der Waals surface area contributed by atoms with Crippen LogP contribution in [0.15, 0.2) is 24.3 Å². The molecule has 51 heavy (non-hydrogen) atoms. The molecule has 1 amide bonds. The minimum atomic E-state index is -1.24. The molecule has 1 aliphatic heterocycles. The van der Waals surface area contributed by atoms with Crippen LogP contribution in [0.1, 0.15) is 135 Å². The lowest BCUT2D eigenvalue weighted by Gasteiger charge is -2.53. The monoisotopic (exact) mass is 711 g/mol. The predicted octanol–water partition coefficient (Wildman–Crippen LogP) is 7.06. The fourth-order valence-corrected chi connectivity index (χ4v) is 6.27. The van der Waals surface area contributed by atoms with E-state index < -0.39 is 57.0 Å². The molecule has 0 spiro atoms. The number of esters is 3. The molecule has 0 aliphatic carbocycles. The van der Waals surface area contributed by atoms with Crippen LogP contribution in [0.4, 0.5) is 0 Å². The molecule has 0 bridgehead atoms. The third kappa shape index (κ3) is 12.9. The van der Waals surface area contributed by atoms with Gasteiger partial charge in [0, 0.05) is 24.1 Å². The van der Waals surface area contributed by atoms with Crippen LogP contribution in [-0.4, -0.2) is 62.1 Å². The average molecular weight is 712 g/mol. The van der Waals surface area contributed by atoms with Gasteiger partial charge in [-0.2, -0.15) is 5.26 Å². The number of rotatable bonds is 19. The van der Waals surface area contributed by atoms with Gasteiger partial charge in [0.05, 0.1) is 44.5 Å². The number of nitrogens with zero attached hydrogens (tertiary/aromatic N) is 1. The molecule has 286 valence electrons. The molecule has 1 saturated heterocycles. The van der Waals surface area contributed by atoms with Crippen LogP contribution in [0.5, 0.6) is 0 Å². The number of hydrogen-bond acceptors (Lipinski definition) is 9. The highest BCUT2D eigenvalue weighted by Crippen LogP contribution is 2.52. The number of amides is 1. The van der Waals surface area contributed by atoms with Crippen molar-refractivity contribution < 1.29 is 33.4 Å². The Bertz CT molecular complexity index is 1330. The summed E-state index contributed by atoms with van der Waals surface area (Å²) in [5, 5.41) is 10.9. The molecule has 2 radical (unpaired) electrons. The summed E-state index contributed by atoms with van der Waals surface area (Å²) in [6.45, 7) is 29.8. The van der Waals surface area contributed by atoms with Gasteiger partial charge in [0.25, 0.3) is 0 Å². The summed E-state index contributed by atoms with van der Waals surface area (Å²) in [7, 11) is 6.72. The number of nitriles is 1. The van der Waals surface area contributed by atoms with Gasteiger partial charge in [-0.1, -0.05) is 101 Å². The largest absolute Gasteiger partial charge is 0.457 e.